The molecule has 0 aliphatic heterocycles. The Hall–Kier alpha value is -2.62. The van der Waals surface area contributed by atoms with Gasteiger partial charge in [-0.3, -0.25) is 4.79 Å². The number of aromatic hydroxyl groups is 1. The molecule has 0 heterocycles. The van der Waals surface area contributed by atoms with Gasteiger partial charge in [-0.15, -0.1) is 0 Å². The zero-order valence-electron chi connectivity index (χ0n) is 11.4. The van der Waals surface area contributed by atoms with Crippen molar-refractivity contribution in [1.82, 2.24) is 5.43 Å². The van der Waals surface area contributed by atoms with Crippen LogP contribution in [0, 0.1) is 5.92 Å². The van der Waals surface area contributed by atoms with Gasteiger partial charge in [0.2, 0.25) is 5.91 Å². The number of carbonyl (C=O) groups excluding carboxylic acids is 1. The van der Waals surface area contributed by atoms with Gasteiger partial charge >= 0.3 is 0 Å². The standard InChI is InChI=1S/C17H16N2O2/c20-16-9-5-4-8-13(16)11-18-19-17(21)15-10-14(15)12-6-2-1-3-7-12/h1-9,11,14-15,20H,10H2,(H,19,21)/t14-,15+/m1/s1. The predicted molar refractivity (Wildman–Crippen MR) is 81.1 cm³/mol. The van der Waals surface area contributed by atoms with Gasteiger partial charge in [0.25, 0.3) is 0 Å². The second kappa shape index (κ2) is 5.79. The highest BCUT2D eigenvalue weighted by Crippen LogP contribution is 2.47. The Morgan fingerprint density at radius 3 is 2.62 bits per heavy atom. The highest BCUT2D eigenvalue weighted by Gasteiger charge is 2.43. The van der Waals surface area contributed by atoms with E-state index < -0.39 is 0 Å². The van der Waals surface area contributed by atoms with Gasteiger partial charge in [0, 0.05) is 11.5 Å². The summed E-state index contributed by atoms with van der Waals surface area (Å²) in [4.78, 5) is 12.0. The lowest BCUT2D eigenvalue weighted by Gasteiger charge is -2.00. The van der Waals surface area contributed by atoms with Crippen LogP contribution in [0.1, 0.15) is 23.5 Å². The normalized spacial score (nSPS) is 20.4. The van der Waals surface area contributed by atoms with E-state index in [9.17, 15) is 9.90 Å². The van der Waals surface area contributed by atoms with E-state index in [2.05, 4.69) is 10.5 Å². The Balaban J connectivity index is 1.56. The fourth-order valence-corrected chi connectivity index (χ4v) is 2.40. The molecule has 1 amide bonds. The molecule has 0 saturated heterocycles. The molecule has 3 rings (SSSR count). The minimum Gasteiger partial charge on any atom is -0.507 e. The number of hydrogen-bond donors (Lipinski definition) is 2. The van der Waals surface area contributed by atoms with Crippen LogP contribution >= 0.6 is 0 Å². The summed E-state index contributed by atoms with van der Waals surface area (Å²) in [7, 11) is 0. The molecule has 2 aromatic carbocycles. The number of nitrogens with zero attached hydrogens (tertiary/aromatic N) is 1. The molecule has 4 nitrogen and oxygen atoms in total. The highest BCUT2D eigenvalue weighted by molar-refractivity contribution is 5.86. The first-order valence-electron chi connectivity index (χ1n) is 6.91. The van der Waals surface area contributed by atoms with E-state index in [0.717, 1.165) is 6.42 Å². The summed E-state index contributed by atoms with van der Waals surface area (Å²) in [6.45, 7) is 0. The molecule has 21 heavy (non-hydrogen) atoms. The second-order valence-electron chi connectivity index (χ2n) is 5.15. The van der Waals surface area contributed by atoms with Gasteiger partial charge in [-0.05, 0) is 30.0 Å². The van der Waals surface area contributed by atoms with Crippen molar-refractivity contribution in [3.63, 3.8) is 0 Å². The minimum atomic E-state index is -0.0736. The van der Waals surface area contributed by atoms with Crippen LogP contribution < -0.4 is 5.43 Å². The number of carbonyl (C=O) groups is 1. The number of rotatable bonds is 4. The van der Waals surface area contributed by atoms with Crippen LogP contribution in [0.2, 0.25) is 0 Å². The first-order valence-corrected chi connectivity index (χ1v) is 6.91. The maximum absolute atomic E-state index is 12.0. The van der Waals surface area contributed by atoms with Crippen LogP contribution in [0.3, 0.4) is 0 Å². The number of hydrogen-bond acceptors (Lipinski definition) is 3. The zero-order chi connectivity index (χ0) is 14.7. The van der Waals surface area contributed by atoms with Crippen molar-refractivity contribution in [2.75, 3.05) is 0 Å². The molecule has 1 aliphatic rings. The van der Waals surface area contributed by atoms with E-state index in [-0.39, 0.29) is 17.6 Å². The van der Waals surface area contributed by atoms with E-state index in [1.54, 1.807) is 24.3 Å². The number of para-hydroxylation sites is 1. The fraction of sp³-hybridized carbons (Fsp3) is 0.176. The maximum atomic E-state index is 12.0. The van der Waals surface area contributed by atoms with Crippen molar-refractivity contribution < 1.29 is 9.90 Å². The third-order valence-electron chi connectivity index (χ3n) is 3.67. The lowest BCUT2D eigenvalue weighted by molar-refractivity contribution is -0.122. The van der Waals surface area contributed by atoms with Crippen molar-refractivity contribution in [3.8, 4) is 5.75 Å². The lowest BCUT2D eigenvalue weighted by Crippen LogP contribution is -2.20. The average Bonchev–Trinajstić information content (AvgIpc) is 3.31. The molecule has 2 N–H and O–H groups in total. The summed E-state index contributed by atoms with van der Waals surface area (Å²) in [5.74, 6) is 0.361. The van der Waals surface area contributed by atoms with E-state index in [4.69, 9.17) is 0 Å². The predicted octanol–water partition coefficient (Wildman–Crippen LogP) is 2.65. The minimum absolute atomic E-state index is 0.00563. The van der Waals surface area contributed by atoms with Crippen LogP contribution in [0.4, 0.5) is 0 Å². The monoisotopic (exact) mass is 280 g/mol. The molecule has 2 aromatic rings. The Kier molecular flexibility index (Phi) is 3.69. The van der Waals surface area contributed by atoms with Crippen LogP contribution in [0.15, 0.2) is 59.7 Å². The Labute approximate surface area is 123 Å². The van der Waals surface area contributed by atoms with E-state index >= 15 is 0 Å². The number of benzene rings is 2. The lowest BCUT2D eigenvalue weighted by atomic mass is 10.1. The molecular weight excluding hydrogens is 264 g/mol. The Morgan fingerprint density at radius 1 is 1.14 bits per heavy atom. The molecule has 0 aromatic heterocycles. The Morgan fingerprint density at radius 2 is 1.86 bits per heavy atom. The fourth-order valence-electron chi connectivity index (χ4n) is 2.40. The zero-order valence-corrected chi connectivity index (χ0v) is 11.4. The van der Waals surface area contributed by atoms with Gasteiger partial charge in [0.05, 0.1) is 6.21 Å². The molecule has 0 bridgehead atoms. The van der Waals surface area contributed by atoms with Crippen molar-refractivity contribution in [1.29, 1.82) is 0 Å². The quantitative estimate of drug-likeness (QED) is 0.668. The molecule has 1 saturated carbocycles. The largest absolute Gasteiger partial charge is 0.507 e. The van der Waals surface area contributed by atoms with Crippen molar-refractivity contribution >= 4 is 12.1 Å². The summed E-state index contributed by atoms with van der Waals surface area (Å²) in [5, 5.41) is 13.5. The van der Waals surface area contributed by atoms with Gasteiger partial charge < -0.3 is 5.11 Å². The SMILES string of the molecule is O=C(NN=Cc1ccccc1O)[C@H]1C[C@@H]1c1ccccc1. The van der Waals surface area contributed by atoms with E-state index in [1.807, 2.05) is 30.3 Å². The third-order valence-corrected chi connectivity index (χ3v) is 3.67. The summed E-state index contributed by atoms with van der Waals surface area (Å²) in [5.41, 5.74) is 4.31. The average molecular weight is 280 g/mol. The van der Waals surface area contributed by atoms with Crippen molar-refractivity contribution in [3.05, 3.63) is 65.7 Å². The smallest absolute Gasteiger partial charge is 0.243 e. The molecule has 106 valence electrons. The number of amides is 1. The molecule has 0 unspecified atom stereocenters. The molecular formula is C17H16N2O2. The summed E-state index contributed by atoms with van der Waals surface area (Å²) >= 11 is 0. The van der Waals surface area contributed by atoms with Crippen LogP contribution in [-0.4, -0.2) is 17.2 Å². The van der Waals surface area contributed by atoms with Gasteiger partial charge in [-0.25, -0.2) is 5.43 Å². The van der Waals surface area contributed by atoms with Gasteiger partial charge in [0.1, 0.15) is 5.75 Å². The van der Waals surface area contributed by atoms with E-state index in [1.165, 1.54) is 11.8 Å². The van der Waals surface area contributed by atoms with Crippen LogP contribution in [0.25, 0.3) is 0 Å². The summed E-state index contributed by atoms with van der Waals surface area (Å²) in [6.07, 6.45) is 2.31. The number of hydrazone groups is 1. The van der Waals surface area contributed by atoms with Gasteiger partial charge in [-0.1, -0.05) is 42.5 Å². The topological polar surface area (TPSA) is 61.7 Å². The molecule has 2 atom stereocenters. The molecule has 1 aliphatic carbocycles. The van der Waals surface area contributed by atoms with Gasteiger partial charge in [-0.2, -0.15) is 5.10 Å². The highest BCUT2D eigenvalue weighted by atomic mass is 16.3. The Bertz CT molecular complexity index is 668. The third kappa shape index (κ3) is 3.11. The first-order chi connectivity index (χ1) is 10.3. The summed E-state index contributed by atoms with van der Waals surface area (Å²) < 4.78 is 0. The molecule has 0 radical (unpaired) electrons. The molecule has 1 fully saturated rings. The first kappa shape index (κ1) is 13.4. The van der Waals surface area contributed by atoms with Crippen molar-refractivity contribution in [2.45, 2.75) is 12.3 Å². The van der Waals surface area contributed by atoms with Gasteiger partial charge in [0.15, 0.2) is 0 Å². The van der Waals surface area contributed by atoms with Crippen LogP contribution in [0.5, 0.6) is 5.75 Å². The molecule has 4 heteroatoms. The number of phenolic OH excluding ortho intramolecular Hbond substituents is 1. The second-order valence-corrected chi connectivity index (χ2v) is 5.15. The van der Waals surface area contributed by atoms with E-state index in [0.29, 0.717) is 11.5 Å². The number of phenols is 1. The van der Waals surface area contributed by atoms with Crippen LogP contribution in [-0.2, 0) is 4.79 Å². The van der Waals surface area contributed by atoms with Crippen molar-refractivity contribution in [2.24, 2.45) is 11.0 Å². The molecule has 0 spiro atoms. The number of nitrogens with one attached hydrogen (secondary N) is 1. The summed E-state index contributed by atoms with van der Waals surface area (Å²) in [6, 6.07) is 16.9. The maximum Gasteiger partial charge on any atom is 0.243 e.